The van der Waals surface area contributed by atoms with Crippen LogP contribution in [0.1, 0.15) is 25.0 Å². The second kappa shape index (κ2) is 9.70. The SMILES string of the molecule is CC1(C)c2ccccc2-c2ccc(-c3c4ccccc4cc4c3oc3cccc(N(c5ccccc5)c5ccccc5)c34)cc21. The molecular weight excluding hydrogens is 546 g/mol. The molecule has 2 heteroatoms. The molecule has 0 unspecified atom stereocenters. The lowest BCUT2D eigenvalue weighted by Gasteiger charge is -2.26. The van der Waals surface area contributed by atoms with E-state index in [4.69, 9.17) is 4.42 Å². The van der Waals surface area contributed by atoms with Crippen molar-refractivity contribution in [2.75, 3.05) is 4.90 Å². The number of hydrogen-bond acceptors (Lipinski definition) is 2. The van der Waals surface area contributed by atoms with Crippen molar-refractivity contribution in [2.24, 2.45) is 0 Å². The third-order valence-electron chi connectivity index (χ3n) is 9.63. The lowest BCUT2D eigenvalue weighted by atomic mass is 9.81. The summed E-state index contributed by atoms with van der Waals surface area (Å²) in [6.45, 7) is 4.69. The molecule has 45 heavy (non-hydrogen) atoms. The van der Waals surface area contributed by atoms with Crippen LogP contribution < -0.4 is 4.90 Å². The van der Waals surface area contributed by atoms with Crippen LogP contribution in [0.5, 0.6) is 0 Å². The van der Waals surface area contributed by atoms with Gasteiger partial charge in [0, 0.05) is 27.7 Å². The highest BCUT2D eigenvalue weighted by Gasteiger charge is 2.35. The molecule has 0 bridgehead atoms. The van der Waals surface area contributed by atoms with E-state index in [2.05, 4.69) is 170 Å². The van der Waals surface area contributed by atoms with Crippen LogP contribution in [0.25, 0.3) is 55.0 Å². The smallest absolute Gasteiger partial charge is 0.143 e. The first-order chi connectivity index (χ1) is 22.1. The molecular formula is C43H31NO. The third kappa shape index (κ3) is 3.82. The van der Waals surface area contributed by atoms with Gasteiger partial charge in [0.05, 0.1) is 11.1 Å². The molecule has 0 radical (unpaired) electrons. The van der Waals surface area contributed by atoms with Crippen molar-refractivity contribution < 1.29 is 4.42 Å². The van der Waals surface area contributed by atoms with E-state index in [1.807, 2.05) is 0 Å². The zero-order valence-electron chi connectivity index (χ0n) is 25.3. The van der Waals surface area contributed by atoms with Crippen LogP contribution in [0.2, 0.25) is 0 Å². The van der Waals surface area contributed by atoms with Crippen LogP contribution in [0.3, 0.4) is 0 Å². The Hall–Kier alpha value is -5.60. The molecule has 1 aliphatic carbocycles. The van der Waals surface area contributed by atoms with Crippen LogP contribution >= 0.6 is 0 Å². The van der Waals surface area contributed by atoms with Crippen molar-refractivity contribution in [3.8, 4) is 22.3 Å². The van der Waals surface area contributed by atoms with Crippen molar-refractivity contribution in [3.05, 3.63) is 163 Å². The van der Waals surface area contributed by atoms with Crippen molar-refractivity contribution in [2.45, 2.75) is 19.3 Å². The first-order valence-corrected chi connectivity index (χ1v) is 15.6. The Balaban J connectivity index is 1.35. The monoisotopic (exact) mass is 577 g/mol. The summed E-state index contributed by atoms with van der Waals surface area (Å²) >= 11 is 0. The average Bonchev–Trinajstić information content (AvgIpc) is 3.57. The van der Waals surface area contributed by atoms with E-state index in [0.717, 1.165) is 44.6 Å². The summed E-state index contributed by atoms with van der Waals surface area (Å²) in [5.74, 6) is 0. The number of para-hydroxylation sites is 2. The van der Waals surface area contributed by atoms with Gasteiger partial charge >= 0.3 is 0 Å². The molecule has 0 fully saturated rings. The fraction of sp³-hybridized carbons (Fsp3) is 0.0698. The highest BCUT2D eigenvalue weighted by atomic mass is 16.3. The number of fused-ring (bicyclic) bond motifs is 7. The number of nitrogens with zero attached hydrogens (tertiary/aromatic N) is 1. The van der Waals surface area contributed by atoms with E-state index in [1.165, 1.54) is 38.6 Å². The predicted octanol–water partition coefficient (Wildman–Crippen LogP) is 12.2. The Labute approximate surface area is 262 Å². The number of furan rings is 1. The molecule has 0 N–H and O–H groups in total. The van der Waals surface area contributed by atoms with E-state index in [0.29, 0.717) is 0 Å². The van der Waals surface area contributed by atoms with Gasteiger partial charge in [-0.1, -0.05) is 117 Å². The van der Waals surface area contributed by atoms with E-state index in [9.17, 15) is 0 Å². The van der Waals surface area contributed by atoms with Gasteiger partial charge in [-0.25, -0.2) is 0 Å². The Bertz CT molecular complexity index is 2360. The van der Waals surface area contributed by atoms with Gasteiger partial charge in [-0.15, -0.1) is 0 Å². The number of hydrogen-bond donors (Lipinski definition) is 0. The maximum Gasteiger partial charge on any atom is 0.143 e. The Morgan fingerprint density at radius 2 is 1.20 bits per heavy atom. The molecule has 8 aromatic rings. The Kier molecular flexibility index (Phi) is 5.58. The molecule has 1 aromatic heterocycles. The molecule has 9 rings (SSSR count). The van der Waals surface area contributed by atoms with Gasteiger partial charge < -0.3 is 9.32 Å². The maximum atomic E-state index is 6.92. The molecule has 7 aromatic carbocycles. The largest absolute Gasteiger partial charge is 0.455 e. The van der Waals surface area contributed by atoms with E-state index >= 15 is 0 Å². The van der Waals surface area contributed by atoms with Gasteiger partial charge in [0.1, 0.15) is 11.2 Å². The average molecular weight is 578 g/mol. The zero-order chi connectivity index (χ0) is 30.1. The van der Waals surface area contributed by atoms with E-state index in [1.54, 1.807) is 0 Å². The molecule has 0 atom stereocenters. The highest BCUT2D eigenvalue weighted by Crippen LogP contribution is 2.51. The molecule has 0 saturated heterocycles. The van der Waals surface area contributed by atoms with Crippen molar-refractivity contribution >= 4 is 49.8 Å². The highest BCUT2D eigenvalue weighted by molar-refractivity contribution is 6.22. The second-order valence-corrected chi connectivity index (χ2v) is 12.5. The normalized spacial score (nSPS) is 13.3. The Morgan fingerprint density at radius 3 is 1.98 bits per heavy atom. The van der Waals surface area contributed by atoms with Gasteiger partial charge in [0.2, 0.25) is 0 Å². The van der Waals surface area contributed by atoms with E-state index in [-0.39, 0.29) is 5.41 Å². The molecule has 214 valence electrons. The minimum atomic E-state index is -0.0848. The Morgan fingerprint density at radius 1 is 0.533 bits per heavy atom. The van der Waals surface area contributed by atoms with Gasteiger partial charge in [-0.3, -0.25) is 0 Å². The first kappa shape index (κ1) is 25.9. The summed E-state index contributed by atoms with van der Waals surface area (Å²) in [7, 11) is 0. The van der Waals surface area contributed by atoms with Crippen LogP contribution in [-0.4, -0.2) is 0 Å². The van der Waals surface area contributed by atoms with Crippen LogP contribution in [0, 0.1) is 0 Å². The van der Waals surface area contributed by atoms with Gasteiger partial charge in [-0.05, 0) is 87.1 Å². The van der Waals surface area contributed by atoms with E-state index < -0.39 is 0 Å². The minimum absolute atomic E-state index is 0.0848. The lowest BCUT2D eigenvalue weighted by Crippen LogP contribution is -2.14. The van der Waals surface area contributed by atoms with Gasteiger partial charge in [0.25, 0.3) is 0 Å². The summed E-state index contributed by atoms with van der Waals surface area (Å²) < 4.78 is 6.92. The fourth-order valence-corrected chi connectivity index (χ4v) is 7.52. The molecule has 0 spiro atoms. The van der Waals surface area contributed by atoms with Crippen LogP contribution in [-0.2, 0) is 5.41 Å². The summed E-state index contributed by atoms with van der Waals surface area (Å²) in [6, 6.07) is 54.4. The molecule has 1 heterocycles. The third-order valence-corrected chi connectivity index (χ3v) is 9.63. The first-order valence-electron chi connectivity index (χ1n) is 15.6. The molecule has 0 amide bonds. The van der Waals surface area contributed by atoms with Crippen molar-refractivity contribution in [1.29, 1.82) is 0 Å². The van der Waals surface area contributed by atoms with Gasteiger partial charge in [0.15, 0.2) is 0 Å². The molecule has 0 aliphatic heterocycles. The number of benzene rings is 7. The fourth-order valence-electron chi connectivity index (χ4n) is 7.52. The minimum Gasteiger partial charge on any atom is -0.455 e. The predicted molar refractivity (Wildman–Crippen MR) is 189 cm³/mol. The summed E-state index contributed by atoms with van der Waals surface area (Å²) in [5, 5.41) is 4.63. The van der Waals surface area contributed by atoms with Gasteiger partial charge in [-0.2, -0.15) is 0 Å². The standard InChI is InChI=1S/C43H31NO/c1-43(2)36-21-12-11-20-33(36)34-25-24-29(27-37(34)43)40-32-19-10-9-14-28(32)26-35-41-38(22-13-23-39(41)45-42(35)40)44(30-15-5-3-6-16-30)31-17-7-4-8-18-31/h3-27H,1-2H3. The summed E-state index contributed by atoms with van der Waals surface area (Å²) in [5.41, 5.74) is 12.7. The van der Waals surface area contributed by atoms with Crippen LogP contribution in [0.4, 0.5) is 17.1 Å². The summed E-state index contributed by atoms with van der Waals surface area (Å²) in [6.07, 6.45) is 0. The molecule has 1 aliphatic rings. The molecule has 2 nitrogen and oxygen atoms in total. The molecule has 0 saturated carbocycles. The second-order valence-electron chi connectivity index (χ2n) is 12.5. The zero-order valence-corrected chi connectivity index (χ0v) is 25.3. The van der Waals surface area contributed by atoms with Crippen molar-refractivity contribution in [1.82, 2.24) is 0 Å². The lowest BCUT2D eigenvalue weighted by molar-refractivity contribution is 0.660. The van der Waals surface area contributed by atoms with Crippen LogP contribution in [0.15, 0.2) is 156 Å². The number of anilines is 3. The van der Waals surface area contributed by atoms with Crippen molar-refractivity contribution in [3.63, 3.8) is 0 Å². The number of rotatable bonds is 4. The summed E-state index contributed by atoms with van der Waals surface area (Å²) in [4.78, 5) is 2.33. The maximum absolute atomic E-state index is 6.92. The quantitative estimate of drug-likeness (QED) is 0.207. The topological polar surface area (TPSA) is 16.4 Å².